The van der Waals surface area contributed by atoms with Gasteiger partial charge in [-0.15, -0.1) is 0 Å². The molecule has 0 fully saturated rings. The number of amides is 1. The molecule has 7 nitrogen and oxygen atoms in total. The van der Waals surface area contributed by atoms with Crippen LogP contribution in [0.2, 0.25) is 0 Å². The molecule has 0 spiro atoms. The van der Waals surface area contributed by atoms with Crippen molar-refractivity contribution < 1.29 is 13.6 Å². The number of nitrogens with one attached hydrogen (secondary N) is 2. The Bertz CT molecular complexity index is 1250. The van der Waals surface area contributed by atoms with Crippen molar-refractivity contribution in [2.24, 2.45) is 0 Å². The fourth-order valence-electron chi connectivity index (χ4n) is 3.10. The molecule has 0 radical (unpaired) electrons. The third kappa shape index (κ3) is 3.69. The number of hydrogen-bond acceptors (Lipinski definition) is 5. The zero-order chi connectivity index (χ0) is 21.3. The van der Waals surface area contributed by atoms with Crippen LogP contribution in [-0.2, 0) is 11.3 Å². The number of aromatic nitrogens is 4. The summed E-state index contributed by atoms with van der Waals surface area (Å²) < 4.78 is 29.4. The van der Waals surface area contributed by atoms with Crippen molar-refractivity contribution in [1.82, 2.24) is 25.1 Å². The second-order valence-corrected chi connectivity index (χ2v) is 6.70. The van der Waals surface area contributed by atoms with Crippen LogP contribution in [0.5, 0.6) is 0 Å². The van der Waals surface area contributed by atoms with Gasteiger partial charge in [0.05, 0.1) is 17.6 Å². The Morgan fingerprint density at radius 3 is 2.73 bits per heavy atom. The summed E-state index contributed by atoms with van der Waals surface area (Å²) in [6.45, 7) is 1.89. The minimum absolute atomic E-state index is 0.0372. The van der Waals surface area contributed by atoms with Crippen LogP contribution in [0.1, 0.15) is 5.56 Å². The van der Waals surface area contributed by atoms with Crippen molar-refractivity contribution >= 4 is 28.3 Å². The van der Waals surface area contributed by atoms with Crippen LogP contribution in [0.3, 0.4) is 0 Å². The van der Waals surface area contributed by atoms with Gasteiger partial charge in [-0.25, -0.2) is 8.78 Å². The number of carbonyl (C=O) groups excluding carboxylic acids is 1. The predicted octanol–water partition coefficient (Wildman–Crippen LogP) is 3.57. The Labute approximate surface area is 170 Å². The molecule has 4 aromatic rings. The average molecular weight is 408 g/mol. The number of carbonyl (C=O) groups is 1. The minimum Gasteiger partial charge on any atom is -0.358 e. The van der Waals surface area contributed by atoms with Gasteiger partial charge >= 0.3 is 0 Å². The van der Waals surface area contributed by atoms with Gasteiger partial charge in [-0.1, -0.05) is 0 Å². The molecule has 0 atom stereocenters. The van der Waals surface area contributed by atoms with E-state index in [9.17, 15) is 13.6 Å². The normalized spacial score (nSPS) is 10.9. The zero-order valence-electron chi connectivity index (χ0n) is 16.3. The van der Waals surface area contributed by atoms with Crippen LogP contribution >= 0.6 is 0 Å². The number of fused-ring (bicyclic) bond motifs is 1. The molecule has 30 heavy (non-hydrogen) atoms. The molecule has 2 N–H and O–H groups in total. The zero-order valence-corrected chi connectivity index (χ0v) is 16.3. The fraction of sp³-hybridized carbons (Fsp3) is 0.143. The lowest BCUT2D eigenvalue weighted by molar-refractivity contribution is -0.121. The van der Waals surface area contributed by atoms with Crippen LogP contribution in [0.4, 0.5) is 20.2 Å². The second kappa shape index (κ2) is 7.86. The molecule has 152 valence electrons. The van der Waals surface area contributed by atoms with Gasteiger partial charge in [0.25, 0.3) is 0 Å². The maximum atomic E-state index is 14.2. The van der Waals surface area contributed by atoms with Gasteiger partial charge in [0, 0.05) is 30.7 Å². The van der Waals surface area contributed by atoms with Gasteiger partial charge in [0.2, 0.25) is 5.91 Å². The molecular weight excluding hydrogens is 390 g/mol. The predicted molar refractivity (Wildman–Crippen MR) is 109 cm³/mol. The van der Waals surface area contributed by atoms with Gasteiger partial charge in [-0.05, 0) is 42.8 Å². The lowest BCUT2D eigenvalue weighted by Gasteiger charge is -2.13. The first-order chi connectivity index (χ1) is 14.5. The highest BCUT2D eigenvalue weighted by Gasteiger charge is 2.14. The summed E-state index contributed by atoms with van der Waals surface area (Å²) >= 11 is 0. The van der Waals surface area contributed by atoms with Crippen molar-refractivity contribution in [2.75, 3.05) is 12.4 Å². The third-order valence-electron chi connectivity index (χ3n) is 4.68. The van der Waals surface area contributed by atoms with Gasteiger partial charge in [-0.2, -0.15) is 5.10 Å². The summed E-state index contributed by atoms with van der Waals surface area (Å²) in [5.41, 5.74) is 3.76. The monoisotopic (exact) mass is 408 g/mol. The Hall–Kier alpha value is -3.88. The molecule has 1 amide bonds. The lowest BCUT2D eigenvalue weighted by Crippen LogP contribution is -2.24. The van der Waals surface area contributed by atoms with Gasteiger partial charge in [0.1, 0.15) is 29.2 Å². The summed E-state index contributed by atoms with van der Waals surface area (Å²) in [6.07, 6.45) is 4.79. The molecule has 3 heterocycles. The number of hydrogen-bond donors (Lipinski definition) is 2. The van der Waals surface area contributed by atoms with E-state index in [1.807, 2.05) is 6.92 Å². The van der Waals surface area contributed by atoms with E-state index < -0.39 is 11.6 Å². The molecule has 3 aromatic heterocycles. The molecule has 4 rings (SSSR count). The Kier molecular flexibility index (Phi) is 5.09. The second-order valence-electron chi connectivity index (χ2n) is 6.70. The molecule has 0 bridgehead atoms. The average Bonchev–Trinajstić information content (AvgIpc) is 3.15. The molecular formula is C21H18F2N6O. The summed E-state index contributed by atoms with van der Waals surface area (Å²) in [7, 11) is 1.55. The molecule has 9 heteroatoms. The van der Waals surface area contributed by atoms with Crippen LogP contribution < -0.4 is 10.6 Å². The number of halogens is 2. The lowest BCUT2D eigenvalue weighted by atomic mass is 10.1. The Morgan fingerprint density at radius 2 is 1.93 bits per heavy atom. The SMILES string of the molecule is CNC(=O)Cn1ncc2nccc(Nc3cc(-c4cc(F)ccc4F)ncc3C)c21. The number of benzene rings is 1. The van der Waals surface area contributed by atoms with Crippen LogP contribution in [0, 0.1) is 18.6 Å². The number of likely N-dealkylation sites (N-methyl/N-ethyl adjacent to an activating group) is 1. The topological polar surface area (TPSA) is 84.7 Å². The van der Waals surface area contributed by atoms with E-state index in [4.69, 9.17) is 0 Å². The standard InChI is InChI=1S/C21H18F2N6O/c1-12-9-26-18(14-7-13(22)3-4-15(14)23)8-17(12)28-16-5-6-25-19-10-27-29(21(16)19)11-20(30)24-2/h3-10H,11H2,1-2H3,(H,24,30)(H,25,26,28). The van der Waals surface area contributed by atoms with E-state index in [1.165, 1.54) is 0 Å². The number of aryl methyl sites for hydroxylation is 1. The number of nitrogens with zero attached hydrogens (tertiary/aromatic N) is 4. The van der Waals surface area contributed by atoms with E-state index in [2.05, 4.69) is 25.7 Å². The summed E-state index contributed by atoms with van der Waals surface area (Å²) in [6, 6.07) is 6.65. The first kappa shape index (κ1) is 19.4. The maximum absolute atomic E-state index is 14.2. The van der Waals surface area contributed by atoms with Gasteiger partial charge < -0.3 is 10.6 Å². The minimum atomic E-state index is -0.561. The highest BCUT2D eigenvalue weighted by Crippen LogP contribution is 2.30. The smallest absolute Gasteiger partial charge is 0.241 e. The van der Waals surface area contributed by atoms with Crippen LogP contribution in [0.15, 0.2) is 48.9 Å². The highest BCUT2D eigenvalue weighted by molar-refractivity contribution is 5.91. The Balaban J connectivity index is 1.76. The van der Waals surface area contributed by atoms with Crippen molar-refractivity contribution in [3.8, 4) is 11.3 Å². The van der Waals surface area contributed by atoms with Gasteiger partial charge in [0.15, 0.2) is 0 Å². The van der Waals surface area contributed by atoms with Crippen LogP contribution in [0.25, 0.3) is 22.3 Å². The molecule has 0 unspecified atom stereocenters. The molecule has 0 aliphatic heterocycles. The van der Waals surface area contributed by atoms with Crippen molar-refractivity contribution in [3.05, 3.63) is 66.1 Å². The largest absolute Gasteiger partial charge is 0.358 e. The van der Waals surface area contributed by atoms with Crippen molar-refractivity contribution in [1.29, 1.82) is 0 Å². The molecule has 1 aromatic carbocycles. The molecule has 0 saturated heterocycles. The first-order valence-electron chi connectivity index (χ1n) is 9.16. The summed E-state index contributed by atoms with van der Waals surface area (Å²) in [4.78, 5) is 20.4. The number of pyridine rings is 2. The van der Waals surface area contributed by atoms with Gasteiger partial charge in [-0.3, -0.25) is 19.4 Å². The molecule has 0 aliphatic carbocycles. The fourth-order valence-corrected chi connectivity index (χ4v) is 3.10. The number of rotatable bonds is 5. The van der Waals surface area contributed by atoms with E-state index in [1.54, 1.807) is 42.5 Å². The van der Waals surface area contributed by atoms with Crippen molar-refractivity contribution in [3.63, 3.8) is 0 Å². The van der Waals surface area contributed by atoms with Crippen LogP contribution in [-0.4, -0.2) is 32.7 Å². The number of anilines is 2. The Morgan fingerprint density at radius 1 is 1.10 bits per heavy atom. The van der Waals surface area contributed by atoms with E-state index in [0.717, 1.165) is 23.8 Å². The highest BCUT2D eigenvalue weighted by atomic mass is 19.1. The summed E-state index contributed by atoms with van der Waals surface area (Å²) in [5, 5.41) is 10.1. The molecule has 0 saturated carbocycles. The van der Waals surface area contributed by atoms with E-state index in [0.29, 0.717) is 28.1 Å². The summed E-state index contributed by atoms with van der Waals surface area (Å²) in [5.74, 6) is -1.30. The van der Waals surface area contributed by atoms with Crippen molar-refractivity contribution in [2.45, 2.75) is 13.5 Å². The van der Waals surface area contributed by atoms with E-state index in [-0.39, 0.29) is 18.0 Å². The van der Waals surface area contributed by atoms with E-state index >= 15 is 0 Å². The quantitative estimate of drug-likeness (QED) is 0.527. The molecule has 0 aliphatic rings. The first-order valence-corrected chi connectivity index (χ1v) is 9.16. The maximum Gasteiger partial charge on any atom is 0.241 e. The third-order valence-corrected chi connectivity index (χ3v) is 4.68.